The van der Waals surface area contributed by atoms with Crippen molar-refractivity contribution in [3.63, 3.8) is 0 Å². The van der Waals surface area contributed by atoms with E-state index in [-0.39, 0.29) is 11.5 Å². The summed E-state index contributed by atoms with van der Waals surface area (Å²) >= 11 is 1.52. The Kier molecular flexibility index (Phi) is 4.78. The molecule has 0 aliphatic rings. The number of nitriles is 1. The van der Waals surface area contributed by atoms with Gasteiger partial charge in [0.05, 0.1) is 0 Å². The molecule has 4 nitrogen and oxygen atoms in total. The number of H-pyrrole nitrogens is 1. The highest BCUT2D eigenvalue weighted by Crippen LogP contribution is 2.19. The molecule has 2 N–H and O–H groups in total. The molecule has 0 bridgehead atoms. The van der Waals surface area contributed by atoms with E-state index in [1.807, 2.05) is 48.8 Å². The van der Waals surface area contributed by atoms with Crippen molar-refractivity contribution in [2.75, 3.05) is 6.54 Å². The molecule has 0 fully saturated rings. The molecule has 2 aromatic heterocycles. The van der Waals surface area contributed by atoms with Crippen LogP contribution in [0.1, 0.15) is 16.0 Å². The number of para-hydroxylation sites is 1. The number of aryl methyl sites for hydroxylation is 1. The molecule has 1 amide bonds. The van der Waals surface area contributed by atoms with E-state index in [0.29, 0.717) is 13.0 Å². The van der Waals surface area contributed by atoms with Crippen molar-refractivity contribution in [3.8, 4) is 6.07 Å². The number of benzene rings is 1. The van der Waals surface area contributed by atoms with Gasteiger partial charge in [-0.05, 0) is 48.1 Å². The fraction of sp³-hybridized carbons (Fsp3) is 0.158. The summed E-state index contributed by atoms with van der Waals surface area (Å²) in [6.07, 6.45) is 4.33. The lowest BCUT2D eigenvalue weighted by atomic mass is 10.1. The zero-order valence-electron chi connectivity index (χ0n) is 13.3. The lowest BCUT2D eigenvalue weighted by molar-refractivity contribution is -0.117. The van der Waals surface area contributed by atoms with E-state index in [1.165, 1.54) is 11.3 Å². The molecule has 0 saturated carbocycles. The van der Waals surface area contributed by atoms with Gasteiger partial charge < -0.3 is 10.3 Å². The number of carbonyl (C=O) groups is 1. The maximum Gasteiger partial charge on any atom is 0.261 e. The lowest BCUT2D eigenvalue weighted by Crippen LogP contribution is -2.26. The predicted octanol–water partition coefficient (Wildman–Crippen LogP) is 3.80. The predicted molar refractivity (Wildman–Crippen MR) is 97.7 cm³/mol. The van der Waals surface area contributed by atoms with Crippen LogP contribution in [0.5, 0.6) is 0 Å². The highest BCUT2D eigenvalue weighted by Gasteiger charge is 2.10. The molecule has 2 heterocycles. The normalized spacial score (nSPS) is 11.4. The van der Waals surface area contributed by atoms with Crippen molar-refractivity contribution < 1.29 is 4.79 Å². The number of rotatable bonds is 5. The second-order valence-electron chi connectivity index (χ2n) is 5.50. The van der Waals surface area contributed by atoms with E-state index in [9.17, 15) is 10.1 Å². The van der Waals surface area contributed by atoms with Crippen LogP contribution < -0.4 is 5.32 Å². The Morgan fingerprint density at radius 1 is 1.38 bits per heavy atom. The molecular formula is C19H17N3OS. The SMILES string of the molecule is Cc1ccsc1/C=C(\C#N)C(=O)NCCc1c[nH]c2ccccc12. The highest BCUT2D eigenvalue weighted by atomic mass is 32.1. The van der Waals surface area contributed by atoms with Gasteiger partial charge in [-0.2, -0.15) is 5.26 Å². The molecule has 0 atom stereocenters. The van der Waals surface area contributed by atoms with Crippen LogP contribution in [0.4, 0.5) is 0 Å². The molecule has 0 spiro atoms. The topological polar surface area (TPSA) is 68.7 Å². The molecule has 0 aliphatic carbocycles. The van der Waals surface area contributed by atoms with Gasteiger partial charge in [0.2, 0.25) is 0 Å². The van der Waals surface area contributed by atoms with Crippen molar-refractivity contribution in [1.82, 2.24) is 10.3 Å². The van der Waals surface area contributed by atoms with Crippen LogP contribution in [0.3, 0.4) is 0 Å². The molecule has 120 valence electrons. The Balaban J connectivity index is 1.64. The van der Waals surface area contributed by atoms with Gasteiger partial charge in [0.1, 0.15) is 11.6 Å². The Bertz CT molecular complexity index is 943. The Hall–Kier alpha value is -2.84. The minimum atomic E-state index is -0.329. The number of aromatic amines is 1. The van der Waals surface area contributed by atoms with Crippen LogP contribution in [0, 0.1) is 18.3 Å². The first kappa shape index (κ1) is 16.0. The first-order valence-corrected chi connectivity index (χ1v) is 8.56. The van der Waals surface area contributed by atoms with Gasteiger partial charge in [0.15, 0.2) is 0 Å². The Morgan fingerprint density at radius 3 is 2.96 bits per heavy atom. The van der Waals surface area contributed by atoms with E-state index in [1.54, 1.807) is 6.08 Å². The summed E-state index contributed by atoms with van der Waals surface area (Å²) in [5.41, 5.74) is 3.45. The quantitative estimate of drug-likeness (QED) is 0.550. The number of thiophene rings is 1. The van der Waals surface area contributed by atoms with Crippen molar-refractivity contribution in [2.24, 2.45) is 0 Å². The van der Waals surface area contributed by atoms with Crippen molar-refractivity contribution >= 4 is 34.2 Å². The number of nitrogens with zero attached hydrogens (tertiary/aromatic N) is 1. The summed E-state index contributed by atoms with van der Waals surface area (Å²) in [5, 5.41) is 15.2. The smallest absolute Gasteiger partial charge is 0.261 e. The molecule has 5 heteroatoms. The summed E-state index contributed by atoms with van der Waals surface area (Å²) < 4.78 is 0. The monoisotopic (exact) mass is 335 g/mol. The molecule has 0 saturated heterocycles. The van der Waals surface area contributed by atoms with Crippen LogP contribution >= 0.6 is 11.3 Å². The molecule has 0 radical (unpaired) electrons. The third-order valence-corrected chi connectivity index (χ3v) is 4.86. The summed E-state index contributed by atoms with van der Waals surface area (Å²) in [6.45, 7) is 2.45. The third kappa shape index (κ3) is 3.39. The first-order valence-electron chi connectivity index (χ1n) is 7.68. The number of aromatic nitrogens is 1. The Labute approximate surface area is 144 Å². The fourth-order valence-electron chi connectivity index (χ4n) is 2.56. The van der Waals surface area contributed by atoms with E-state index in [2.05, 4.69) is 16.4 Å². The summed E-state index contributed by atoms with van der Waals surface area (Å²) in [5.74, 6) is -0.329. The zero-order valence-corrected chi connectivity index (χ0v) is 14.1. The summed E-state index contributed by atoms with van der Waals surface area (Å²) in [6, 6.07) is 12.0. The second kappa shape index (κ2) is 7.16. The standard InChI is InChI=1S/C19H17N3OS/c1-13-7-9-24-18(13)10-15(11-20)19(23)21-8-6-14-12-22-17-5-3-2-4-16(14)17/h2-5,7,9-10,12,22H,6,8H2,1H3,(H,21,23)/b15-10+. The van der Waals surface area contributed by atoms with Gasteiger partial charge in [-0.3, -0.25) is 4.79 Å². The number of amides is 1. The number of hydrogen-bond donors (Lipinski definition) is 2. The summed E-state index contributed by atoms with van der Waals surface area (Å²) in [7, 11) is 0. The molecule has 0 unspecified atom stereocenters. The minimum Gasteiger partial charge on any atom is -0.361 e. The molecule has 0 aliphatic heterocycles. The number of carbonyl (C=O) groups excluding carboxylic acids is 1. The number of fused-ring (bicyclic) bond motifs is 1. The van der Waals surface area contributed by atoms with Crippen LogP contribution in [0.2, 0.25) is 0 Å². The zero-order chi connectivity index (χ0) is 16.9. The van der Waals surface area contributed by atoms with E-state index in [0.717, 1.165) is 26.9 Å². The average Bonchev–Trinajstić information content (AvgIpc) is 3.19. The third-order valence-electron chi connectivity index (χ3n) is 3.90. The Morgan fingerprint density at radius 2 is 2.21 bits per heavy atom. The second-order valence-corrected chi connectivity index (χ2v) is 6.45. The number of nitrogens with one attached hydrogen (secondary N) is 2. The van der Waals surface area contributed by atoms with Gasteiger partial charge in [-0.1, -0.05) is 18.2 Å². The molecule has 3 aromatic rings. The molecular weight excluding hydrogens is 318 g/mol. The molecule has 3 rings (SSSR count). The molecule has 24 heavy (non-hydrogen) atoms. The van der Waals surface area contributed by atoms with Crippen molar-refractivity contribution in [2.45, 2.75) is 13.3 Å². The van der Waals surface area contributed by atoms with Gasteiger partial charge in [-0.15, -0.1) is 11.3 Å². The maximum absolute atomic E-state index is 12.2. The lowest BCUT2D eigenvalue weighted by Gasteiger charge is -2.04. The minimum absolute atomic E-state index is 0.138. The van der Waals surface area contributed by atoms with Gasteiger partial charge in [0, 0.05) is 28.5 Å². The van der Waals surface area contributed by atoms with E-state index in [4.69, 9.17) is 0 Å². The van der Waals surface area contributed by atoms with Gasteiger partial charge in [-0.25, -0.2) is 0 Å². The largest absolute Gasteiger partial charge is 0.361 e. The van der Waals surface area contributed by atoms with Crippen molar-refractivity contribution in [1.29, 1.82) is 5.26 Å². The maximum atomic E-state index is 12.2. The first-order chi connectivity index (χ1) is 11.7. The van der Waals surface area contributed by atoms with Gasteiger partial charge in [0.25, 0.3) is 5.91 Å². The molecule has 1 aromatic carbocycles. The summed E-state index contributed by atoms with van der Waals surface area (Å²) in [4.78, 5) is 16.4. The van der Waals surface area contributed by atoms with Crippen LogP contribution in [0.25, 0.3) is 17.0 Å². The van der Waals surface area contributed by atoms with Crippen LogP contribution in [0.15, 0.2) is 47.5 Å². The average molecular weight is 335 g/mol. The van der Waals surface area contributed by atoms with E-state index >= 15 is 0 Å². The van der Waals surface area contributed by atoms with Gasteiger partial charge >= 0.3 is 0 Å². The van der Waals surface area contributed by atoms with Crippen LogP contribution in [-0.4, -0.2) is 17.4 Å². The van der Waals surface area contributed by atoms with Crippen molar-refractivity contribution in [3.05, 3.63) is 63.5 Å². The number of hydrogen-bond acceptors (Lipinski definition) is 3. The fourth-order valence-corrected chi connectivity index (χ4v) is 3.41. The van der Waals surface area contributed by atoms with Crippen LogP contribution in [-0.2, 0) is 11.2 Å². The highest BCUT2D eigenvalue weighted by molar-refractivity contribution is 7.11. The van der Waals surface area contributed by atoms with E-state index < -0.39 is 0 Å².